The van der Waals surface area contributed by atoms with E-state index in [0.717, 1.165) is 12.3 Å². The summed E-state index contributed by atoms with van der Waals surface area (Å²) in [6.45, 7) is 9.07. The highest BCUT2D eigenvalue weighted by atomic mass is 14.4. The first kappa shape index (κ1) is 17.3. The zero-order valence-corrected chi connectivity index (χ0v) is 17.0. The summed E-state index contributed by atoms with van der Waals surface area (Å²) in [6.07, 6.45) is 11.9. The molecule has 0 bridgehead atoms. The van der Waals surface area contributed by atoms with E-state index in [0.29, 0.717) is 5.41 Å². The van der Waals surface area contributed by atoms with Gasteiger partial charge < -0.3 is 0 Å². The van der Waals surface area contributed by atoms with E-state index in [1.807, 2.05) is 0 Å². The fourth-order valence-corrected chi connectivity index (χ4v) is 5.13. The van der Waals surface area contributed by atoms with Gasteiger partial charge in [0.05, 0.1) is 0 Å². The van der Waals surface area contributed by atoms with Crippen LogP contribution in [0.25, 0.3) is 16.7 Å². The molecule has 3 aliphatic carbocycles. The van der Waals surface area contributed by atoms with Gasteiger partial charge in [0.1, 0.15) is 0 Å². The molecular formula is C27H34. The summed E-state index contributed by atoms with van der Waals surface area (Å²) in [5.41, 5.74) is 12.4. The smallest absolute Gasteiger partial charge is 0 e. The summed E-state index contributed by atoms with van der Waals surface area (Å²) in [5.74, 6) is 0.971. The molecule has 0 N–H and O–H groups in total. The molecule has 0 amide bonds. The predicted molar refractivity (Wildman–Crippen MR) is 118 cm³/mol. The molecule has 5 rings (SSSR count). The average Bonchev–Trinajstić information content (AvgIpc) is 3.26. The molecule has 2 fully saturated rings. The Balaban J connectivity index is 0.00000192. The Morgan fingerprint density at radius 2 is 1.89 bits per heavy atom. The van der Waals surface area contributed by atoms with Crippen molar-refractivity contribution in [1.29, 1.82) is 0 Å². The fraction of sp³-hybridized carbons (Fsp3) is 0.481. The van der Waals surface area contributed by atoms with E-state index in [9.17, 15) is 0 Å². The number of benzene rings is 2. The van der Waals surface area contributed by atoms with Gasteiger partial charge in [0.15, 0.2) is 0 Å². The Morgan fingerprint density at radius 1 is 1.07 bits per heavy atom. The topological polar surface area (TPSA) is 0 Å². The van der Waals surface area contributed by atoms with E-state index in [-0.39, 0.29) is 1.43 Å². The first-order valence-corrected chi connectivity index (χ1v) is 11.0. The highest BCUT2D eigenvalue weighted by molar-refractivity contribution is 5.83. The molecule has 2 aromatic carbocycles. The molecular weight excluding hydrogens is 324 g/mol. The van der Waals surface area contributed by atoms with E-state index in [1.165, 1.54) is 73.6 Å². The Kier molecular flexibility index (Phi) is 4.08. The molecule has 2 saturated carbocycles. The second-order valence-electron chi connectivity index (χ2n) is 9.66. The molecule has 0 aromatic heterocycles. The second kappa shape index (κ2) is 6.36. The largest absolute Gasteiger partial charge is 0.0952 e. The summed E-state index contributed by atoms with van der Waals surface area (Å²) in [7, 11) is 0. The van der Waals surface area contributed by atoms with E-state index >= 15 is 0 Å². The lowest BCUT2D eigenvalue weighted by atomic mass is 9.79. The highest BCUT2D eigenvalue weighted by Gasteiger charge is 2.39. The molecule has 0 nitrogen and oxygen atoms in total. The van der Waals surface area contributed by atoms with Crippen LogP contribution in [-0.2, 0) is 18.3 Å². The molecule has 0 atom stereocenters. The predicted octanol–water partition coefficient (Wildman–Crippen LogP) is 7.65. The number of fused-ring (bicyclic) bond motifs is 1. The maximum Gasteiger partial charge on any atom is 0 e. The molecule has 3 aliphatic rings. The van der Waals surface area contributed by atoms with Gasteiger partial charge in [-0.15, -0.1) is 0 Å². The molecule has 0 radical (unpaired) electrons. The summed E-state index contributed by atoms with van der Waals surface area (Å²) in [5, 5.41) is 0. The zero-order valence-electron chi connectivity index (χ0n) is 17.0. The van der Waals surface area contributed by atoms with Crippen LogP contribution in [-0.4, -0.2) is 0 Å². The molecule has 142 valence electrons. The van der Waals surface area contributed by atoms with Crippen molar-refractivity contribution in [3.05, 3.63) is 64.7 Å². The summed E-state index contributed by atoms with van der Waals surface area (Å²) in [4.78, 5) is 0. The van der Waals surface area contributed by atoms with Crippen molar-refractivity contribution >= 4 is 5.57 Å². The Labute approximate surface area is 166 Å². The lowest BCUT2D eigenvalue weighted by Gasteiger charge is -2.26. The molecule has 27 heavy (non-hydrogen) atoms. The Bertz CT molecular complexity index is 912. The van der Waals surface area contributed by atoms with Crippen LogP contribution in [0.1, 0.15) is 81.1 Å². The summed E-state index contributed by atoms with van der Waals surface area (Å²) < 4.78 is 0. The van der Waals surface area contributed by atoms with Crippen LogP contribution in [0, 0.1) is 12.8 Å². The minimum absolute atomic E-state index is 0. The van der Waals surface area contributed by atoms with E-state index in [1.54, 1.807) is 22.3 Å². The number of hydrogen-bond acceptors (Lipinski definition) is 0. The quantitative estimate of drug-likeness (QED) is 0.515. The van der Waals surface area contributed by atoms with Gasteiger partial charge in [-0.2, -0.15) is 0 Å². The van der Waals surface area contributed by atoms with Crippen LogP contribution >= 0.6 is 0 Å². The molecule has 2 aromatic rings. The van der Waals surface area contributed by atoms with Gasteiger partial charge in [0, 0.05) is 1.43 Å². The van der Waals surface area contributed by atoms with Crippen molar-refractivity contribution < 1.29 is 1.43 Å². The van der Waals surface area contributed by atoms with Crippen molar-refractivity contribution in [1.82, 2.24) is 0 Å². The number of rotatable bonds is 5. The zero-order chi connectivity index (χ0) is 18.6. The number of hydrogen-bond donors (Lipinski definition) is 0. The Morgan fingerprint density at radius 3 is 2.59 bits per heavy atom. The lowest BCUT2D eigenvalue weighted by molar-refractivity contribution is 0.296. The van der Waals surface area contributed by atoms with Crippen LogP contribution in [0.4, 0.5) is 0 Å². The van der Waals surface area contributed by atoms with Crippen LogP contribution in [0.5, 0.6) is 0 Å². The van der Waals surface area contributed by atoms with Crippen LogP contribution in [0.2, 0.25) is 0 Å². The van der Waals surface area contributed by atoms with Gasteiger partial charge >= 0.3 is 0 Å². The van der Waals surface area contributed by atoms with Crippen molar-refractivity contribution in [2.24, 2.45) is 5.92 Å². The Hall–Kier alpha value is -1.82. The summed E-state index contributed by atoms with van der Waals surface area (Å²) >= 11 is 0. The van der Waals surface area contributed by atoms with Crippen LogP contribution < -0.4 is 0 Å². The first-order chi connectivity index (χ1) is 13.0. The molecule has 0 unspecified atom stereocenters. The van der Waals surface area contributed by atoms with Gasteiger partial charge in [-0.25, -0.2) is 0 Å². The SMILES string of the molecule is C=C1CCc2c1ccc(CCC1CCC1)c2-c1cc(C2(C)CC2)ccc1C.[HH]. The first-order valence-electron chi connectivity index (χ1n) is 11.0. The van der Waals surface area contributed by atoms with Gasteiger partial charge in [0.25, 0.3) is 0 Å². The van der Waals surface area contributed by atoms with E-state index in [2.05, 4.69) is 50.8 Å². The van der Waals surface area contributed by atoms with Gasteiger partial charge in [-0.3, -0.25) is 0 Å². The monoisotopic (exact) mass is 358 g/mol. The standard InChI is InChI=1S/C27H32.H2/c1-18-8-13-24-23(18)14-11-21(10-9-20-5-4-6-20)26(24)25-17-22(12-7-19(25)2)27(3)15-16-27;/h7,11-12,14,17,20H,1,4-6,8-10,13,15-16H2,2-3H3;1H. The van der Waals surface area contributed by atoms with E-state index in [4.69, 9.17) is 0 Å². The minimum Gasteiger partial charge on any atom is -0.0952 e. The molecule has 0 aliphatic heterocycles. The van der Waals surface area contributed by atoms with Crippen molar-refractivity contribution in [3.8, 4) is 11.1 Å². The van der Waals surface area contributed by atoms with Gasteiger partial charge in [0.2, 0.25) is 0 Å². The van der Waals surface area contributed by atoms with Crippen molar-refractivity contribution in [3.63, 3.8) is 0 Å². The molecule has 0 heterocycles. The number of aryl methyl sites for hydroxylation is 2. The number of allylic oxidation sites excluding steroid dienone is 1. The molecule has 0 saturated heterocycles. The fourth-order valence-electron chi connectivity index (χ4n) is 5.13. The summed E-state index contributed by atoms with van der Waals surface area (Å²) in [6, 6.07) is 12.1. The average molecular weight is 359 g/mol. The highest BCUT2D eigenvalue weighted by Crippen LogP contribution is 2.49. The van der Waals surface area contributed by atoms with Gasteiger partial charge in [-0.05, 0) is 101 Å². The second-order valence-corrected chi connectivity index (χ2v) is 9.66. The van der Waals surface area contributed by atoms with E-state index < -0.39 is 0 Å². The maximum absolute atomic E-state index is 4.35. The van der Waals surface area contributed by atoms with Crippen molar-refractivity contribution in [2.75, 3.05) is 0 Å². The third-order valence-corrected chi connectivity index (χ3v) is 7.71. The lowest BCUT2D eigenvalue weighted by Crippen LogP contribution is -2.12. The molecule has 0 heteroatoms. The third kappa shape index (κ3) is 2.98. The molecule has 0 spiro atoms. The normalized spacial score (nSPS) is 20.4. The van der Waals surface area contributed by atoms with Gasteiger partial charge in [-0.1, -0.05) is 63.1 Å². The minimum atomic E-state index is 0. The van der Waals surface area contributed by atoms with Crippen molar-refractivity contribution in [2.45, 2.75) is 77.0 Å². The van der Waals surface area contributed by atoms with Crippen LogP contribution in [0.15, 0.2) is 36.9 Å². The maximum atomic E-state index is 4.35. The third-order valence-electron chi connectivity index (χ3n) is 7.71. The van der Waals surface area contributed by atoms with Crippen LogP contribution in [0.3, 0.4) is 0 Å².